The van der Waals surface area contributed by atoms with Gasteiger partial charge in [0.2, 0.25) is 5.91 Å². The van der Waals surface area contributed by atoms with Crippen molar-refractivity contribution < 1.29 is 9.53 Å². The molecule has 1 atom stereocenters. The van der Waals surface area contributed by atoms with Crippen molar-refractivity contribution in [3.63, 3.8) is 0 Å². The first-order valence-electron chi connectivity index (χ1n) is 10.8. The molecule has 2 aliphatic heterocycles. The van der Waals surface area contributed by atoms with E-state index in [1.54, 1.807) is 18.9 Å². The van der Waals surface area contributed by atoms with Gasteiger partial charge in [-0.1, -0.05) is 18.2 Å². The maximum atomic E-state index is 11.9. The number of amides is 1. The van der Waals surface area contributed by atoms with Crippen molar-refractivity contribution in [1.82, 2.24) is 4.90 Å². The Morgan fingerprint density at radius 1 is 1.13 bits per heavy atom. The van der Waals surface area contributed by atoms with E-state index < -0.39 is 0 Å². The number of carbonyl (C=O) groups is 1. The number of piperazine rings is 1. The number of hydrogen-bond donors (Lipinski definition) is 1. The van der Waals surface area contributed by atoms with E-state index >= 15 is 0 Å². The molecule has 2 N–H and O–H groups in total. The first kappa shape index (κ1) is 20.5. The molecule has 2 heterocycles. The summed E-state index contributed by atoms with van der Waals surface area (Å²) in [6.45, 7) is 8.67. The molecule has 0 spiro atoms. The highest BCUT2D eigenvalue weighted by molar-refractivity contribution is 5.97. The number of methoxy groups -OCH3 is 1. The fraction of sp³-hybridized carbons (Fsp3) is 0.458. The molecule has 30 heavy (non-hydrogen) atoms. The molecule has 6 nitrogen and oxygen atoms in total. The van der Waals surface area contributed by atoms with Gasteiger partial charge < -0.3 is 20.3 Å². The van der Waals surface area contributed by atoms with E-state index in [1.807, 2.05) is 12.1 Å². The van der Waals surface area contributed by atoms with Crippen molar-refractivity contribution in [2.45, 2.75) is 32.7 Å². The van der Waals surface area contributed by atoms with Crippen molar-refractivity contribution in [1.29, 1.82) is 0 Å². The van der Waals surface area contributed by atoms with Crippen LogP contribution >= 0.6 is 0 Å². The van der Waals surface area contributed by atoms with Gasteiger partial charge >= 0.3 is 0 Å². The standard InChI is InChI=1S/C24H32N4O2/c1-17(14-19-15-20-8-9-28(18(2)29)24(20)21(25)16-19)26-10-12-27(13-11-26)22-6-4-5-7-23(22)30-3/h4-7,15-17H,8-14,25H2,1-3H3. The van der Waals surface area contributed by atoms with E-state index in [0.717, 1.165) is 62.7 Å². The molecule has 1 amide bonds. The summed E-state index contributed by atoms with van der Waals surface area (Å²) in [6.07, 6.45) is 1.85. The molecule has 0 bridgehead atoms. The fourth-order valence-electron chi connectivity index (χ4n) is 4.85. The summed E-state index contributed by atoms with van der Waals surface area (Å²) in [4.78, 5) is 18.6. The highest BCUT2D eigenvalue weighted by Crippen LogP contribution is 2.35. The lowest BCUT2D eigenvalue weighted by Gasteiger charge is -2.39. The number of fused-ring (bicyclic) bond motifs is 1. The Hall–Kier alpha value is -2.73. The lowest BCUT2D eigenvalue weighted by Crippen LogP contribution is -2.50. The molecule has 2 aliphatic rings. The van der Waals surface area contributed by atoms with Crippen LogP contribution in [0.5, 0.6) is 5.75 Å². The summed E-state index contributed by atoms with van der Waals surface area (Å²) >= 11 is 0. The topological polar surface area (TPSA) is 62.0 Å². The molecule has 6 heteroatoms. The molecule has 0 saturated carbocycles. The number of nitrogens with two attached hydrogens (primary N) is 1. The molecular formula is C24H32N4O2. The van der Waals surface area contributed by atoms with Crippen LogP contribution in [0.2, 0.25) is 0 Å². The Bertz CT molecular complexity index is 921. The molecule has 2 aromatic carbocycles. The van der Waals surface area contributed by atoms with Crippen LogP contribution in [0.15, 0.2) is 36.4 Å². The lowest BCUT2D eigenvalue weighted by atomic mass is 10.00. The lowest BCUT2D eigenvalue weighted by molar-refractivity contribution is -0.116. The molecule has 1 unspecified atom stereocenters. The summed E-state index contributed by atoms with van der Waals surface area (Å²) in [5.74, 6) is 1.00. The second-order valence-electron chi connectivity index (χ2n) is 8.36. The highest BCUT2D eigenvalue weighted by atomic mass is 16.5. The monoisotopic (exact) mass is 408 g/mol. The van der Waals surface area contributed by atoms with Gasteiger partial charge in [0.25, 0.3) is 0 Å². The number of ether oxygens (including phenoxy) is 1. The second-order valence-corrected chi connectivity index (χ2v) is 8.36. The van der Waals surface area contributed by atoms with Gasteiger partial charge in [-0.25, -0.2) is 0 Å². The number of nitrogen functional groups attached to an aromatic ring is 1. The van der Waals surface area contributed by atoms with Crippen molar-refractivity contribution in [2.75, 3.05) is 55.4 Å². The predicted molar refractivity (Wildman–Crippen MR) is 123 cm³/mol. The van der Waals surface area contributed by atoms with Crippen LogP contribution in [-0.2, 0) is 17.6 Å². The number of para-hydroxylation sites is 2. The van der Waals surface area contributed by atoms with Gasteiger partial charge in [0.15, 0.2) is 0 Å². The first-order chi connectivity index (χ1) is 14.5. The smallest absolute Gasteiger partial charge is 0.223 e. The zero-order chi connectivity index (χ0) is 21.3. The summed E-state index contributed by atoms with van der Waals surface area (Å²) < 4.78 is 5.53. The van der Waals surface area contributed by atoms with Crippen LogP contribution in [0.25, 0.3) is 0 Å². The van der Waals surface area contributed by atoms with Gasteiger partial charge in [0.05, 0.1) is 24.2 Å². The zero-order valence-corrected chi connectivity index (χ0v) is 18.2. The van der Waals surface area contributed by atoms with Crippen molar-refractivity contribution >= 4 is 23.0 Å². The number of hydrogen-bond acceptors (Lipinski definition) is 5. The van der Waals surface area contributed by atoms with E-state index in [4.69, 9.17) is 10.5 Å². The van der Waals surface area contributed by atoms with Gasteiger partial charge in [-0.15, -0.1) is 0 Å². The number of benzene rings is 2. The van der Waals surface area contributed by atoms with Crippen LogP contribution in [0.3, 0.4) is 0 Å². The van der Waals surface area contributed by atoms with Crippen LogP contribution in [-0.4, -0.2) is 56.7 Å². The van der Waals surface area contributed by atoms with E-state index in [1.165, 1.54) is 16.8 Å². The van der Waals surface area contributed by atoms with E-state index in [2.05, 4.69) is 41.0 Å². The third-order valence-corrected chi connectivity index (χ3v) is 6.43. The Kier molecular flexibility index (Phi) is 5.86. The Morgan fingerprint density at radius 3 is 2.57 bits per heavy atom. The molecule has 0 radical (unpaired) electrons. The number of anilines is 3. The predicted octanol–water partition coefficient (Wildman–Crippen LogP) is 2.94. The third-order valence-electron chi connectivity index (χ3n) is 6.43. The van der Waals surface area contributed by atoms with Crippen molar-refractivity contribution in [3.8, 4) is 5.75 Å². The number of carbonyl (C=O) groups excluding carboxylic acids is 1. The first-order valence-corrected chi connectivity index (χ1v) is 10.8. The minimum Gasteiger partial charge on any atom is -0.495 e. The molecule has 0 aromatic heterocycles. The molecular weight excluding hydrogens is 376 g/mol. The van der Waals surface area contributed by atoms with Crippen molar-refractivity contribution in [3.05, 3.63) is 47.5 Å². The Balaban J connectivity index is 1.39. The summed E-state index contributed by atoms with van der Waals surface area (Å²) in [5, 5.41) is 0. The minimum atomic E-state index is 0.0643. The number of nitrogens with zero attached hydrogens (tertiary/aromatic N) is 3. The summed E-state index contributed by atoms with van der Waals surface area (Å²) in [6, 6.07) is 13.0. The largest absolute Gasteiger partial charge is 0.495 e. The molecule has 1 fully saturated rings. The van der Waals surface area contributed by atoms with Crippen molar-refractivity contribution in [2.24, 2.45) is 0 Å². The molecule has 1 saturated heterocycles. The van der Waals surface area contributed by atoms with Gasteiger partial charge in [0.1, 0.15) is 5.75 Å². The maximum absolute atomic E-state index is 11.9. The van der Waals surface area contributed by atoms with Gasteiger partial charge in [-0.05, 0) is 49.1 Å². The Morgan fingerprint density at radius 2 is 1.87 bits per heavy atom. The molecule has 160 valence electrons. The van der Waals surface area contributed by atoms with E-state index in [9.17, 15) is 4.79 Å². The normalized spacial score (nSPS) is 17.7. The molecule has 2 aromatic rings. The van der Waals surface area contributed by atoms with Crippen LogP contribution in [0.1, 0.15) is 25.0 Å². The summed E-state index contributed by atoms with van der Waals surface area (Å²) in [7, 11) is 1.73. The third kappa shape index (κ3) is 3.97. The van der Waals surface area contributed by atoms with Crippen LogP contribution < -0.4 is 20.3 Å². The maximum Gasteiger partial charge on any atom is 0.223 e. The zero-order valence-electron chi connectivity index (χ0n) is 18.2. The minimum absolute atomic E-state index is 0.0643. The molecule has 4 rings (SSSR count). The SMILES string of the molecule is COc1ccccc1N1CCN(C(C)Cc2cc(N)c3c(c2)CCN3C(C)=O)CC1. The average molecular weight is 409 g/mol. The quantitative estimate of drug-likeness (QED) is 0.771. The number of rotatable bonds is 5. The fourth-order valence-corrected chi connectivity index (χ4v) is 4.85. The molecule has 0 aliphatic carbocycles. The van der Waals surface area contributed by atoms with E-state index in [0.29, 0.717) is 6.04 Å². The highest BCUT2D eigenvalue weighted by Gasteiger charge is 2.27. The Labute approximate surface area is 179 Å². The van der Waals surface area contributed by atoms with E-state index in [-0.39, 0.29) is 5.91 Å². The summed E-state index contributed by atoms with van der Waals surface area (Å²) in [5.41, 5.74) is 11.6. The van der Waals surface area contributed by atoms with Gasteiger partial charge in [0, 0.05) is 45.7 Å². The average Bonchev–Trinajstić information content (AvgIpc) is 3.19. The second kappa shape index (κ2) is 8.56. The van der Waals surface area contributed by atoms with Gasteiger partial charge in [-0.2, -0.15) is 0 Å². The van der Waals surface area contributed by atoms with Crippen LogP contribution in [0, 0.1) is 0 Å². The van der Waals surface area contributed by atoms with Gasteiger partial charge in [-0.3, -0.25) is 9.69 Å². The van der Waals surface area contributed by atoms with Crippen LogP contribution in [0.4, 0.5) is 17.1 Å².